The van der Waals surface area contributed by atoms with E-state index in [2.05, 4.69) is 0 Å². The summed E-state index contributed by atoms with van der Waals surface area (Å²) < 4.78 is 11.2. The quantitative estimate of drug-likeness (QED) is 0.201. The van der Waals surface area contributed by atoms with Gasteiger partial charge in [-0.25, -0.2) is 0 Å². The summed E-state index contributed by atoms with van der Waals surface area (Å²) in [7, 11) is 0. The first kappa shape index (κ1) is 20.4. The Morgan fingerprint density at radius 1 is 0.607 bits per heavy atom. The maximum absolute atomic E-state index is 9.70. The molecule has 0 saturated carbocycles. The average molecular weight is 462 g/mol. The Balaban J connectivity index is 2.01. The molecule has 0 radical (unpaired) electrons. The number of hydrogen-bond donors (Lipinski definition) is 4. The minimum Gasteiger partial charge on any atom is -0.506 e. The molecule has 28 heavy (non-hydrogen) atoms. The van der Waals surface area contributed by atoms with Gasteiger partial charge < -0.3 is 31.2 Å². The highest BCUT2D eigenvalue weighted by Crippen LogP contribution is 2.52. The van der Waals surface area contributed by atoms with Crippen molar-refractivity contribution in [3.63, 3.8) is 0 Å². The predicted octanol–water partition coefficient (Wildman–Crippen LogP) is 6.46. The summed E-state index contributed by atoms with van der Waals surface area (Å²) in [5.41, 5.74) is 11.5. The Kier molecular flexibility index (Phi) is 5.76. The third kappa shape index (κ3) is 3.91. The molecule has 0 atom stereocenters. The van der Waals surface area contributed by atoms with E-state index in [0.717, 1.165) is 0 Å². The number of halogens is 4. The van der Waals surface area contributed by atoms with E-state index in [9.17, 15) is 10.2 Å². The fourth-order valence-electron chi connectivity index (χ4n) is 2.18. The van der Waals surface area contributed by atoms with E-state index in [0.29, 0.717) is 0 Å². The molecule has 0 amide bonds. The summed E-state index contributed by atoms with van der Waals surface area (Å²) in [6.45, 7) is 0. The first-order chi connectivity index (χ1) is 13.2. The Bertz CT molecular complexity index is 962. The van der Waals surface area contributed by atoms with Gasteiger partial charge in [-0.05, 0) is 24.3 Å². The maximum atomic E-state index is 9.70. The normalized spacial score (nSPS) is 10.7. The molecule has 0 fully saturated rings. The molecule has 0 aromatic heterocycles. The van der Waals surface area contributed by atoms with Gasteiger partial charge in [0, 0.05) is 12.1 Å². The molecule has 3 rings (SSSR count). The Morgan fingerprint density at radius 3 is 1.21 bits per heavy atom. The van der Waals surface area contributed by atoms with Gasteiger partial charge in [0.1, 0.15) is 43.1 Å². The van der Waals surface area contributed by atoms with Gasteiger partial charge in [0.2, 0.25) is 0 Å². The van der Waals surface area contributed by atoms with Crippen molar-refractivity contribution in [3.8, 4) is 34.5 Å². The molecule has 0 unspecified atom stereocenters. The van der Waals surface area contributed by atoms with Crippen molar-refractivity contribution in [3.05, 3.63) is 56.5 Å². The van der Waals surface area contributed by atoms with Crippen LogP contribution in [0.5, 0.6) is 34.5 Å². The third-order valence-electron chi connectivity index (χ3n) is 3.63. The minimum atomic E-state index is -0.176. The summed E-state index contributed by atoms with van der Waals surface area (Å²) in [4.78, 5) is 0. The average Bonchev–Trinajstić information content (AvgIpc) is 2.66. The van der Waals surface area contributed by atoms with Crippen LogP contribution in [0, 0.1) is 0 Å². The molecule has 6 nitrogen and oxygen atoms in total. The molecule has 0 spiro atoms. The Hall–Kier alpha value is -2.38. The second kappa shape index (κ2) is 7.93. The number of hydrogen-bond acceptors (Lipinski definition) is 6. The zero-order valence-electron chi connectivity index (χ0n) is 13.8. The van der Waals surface area contributed by atoms with E-state index in [1.807, 2.05) is 0 Å². The predicted molar refractivity (Wildman–Crippen MR) is 112 cm³/mol. The first-order valence-corrected chi connectivity index (χ1v) is 9.08. The van der Waals surface area contributed by atoms with Crippen molar-refractivity contribution in [1.82, 2.24) is 0 Å². The van der Waals surface area contributed by atoms with Crippen molar-refractivity contribution in [2.75, 3.05) is 11.5 Å². The summed E-state index contributed by atoms with van der Waals surface area (Å²) >= 11 is 25.1. The number of benzene rings is 3. The van der Waals surface area contributed by atoms with Crippen LogP contribution in [0.2, 0.25) is 20.1 Å². The van der Waals surface area contributed by atoms with Crippen molar-refractivity contribution < 1.29 is 19.7 Å². The monoisotopic (exact) mass is 460 g/mol. The van der Waals surface area contributed by atoms with E-state index in [4.69, 9.17) is 67.3 Å². The molecule has 0 heterocycles. The molecular formula is C18H12Cl4N2O4. The molecular weight excluding hydrogens is 450 g/mol. The van der Waals surface area contributed by atoms with E-state index in [-0.39, 0.29) is 66.0 Å². The summed E-state index contributed by atoms with van der Waals surface area (Å²) in [5.74, 6) is -0.000338. The lowest BCUT2D eigenvalue weighted by Gasteiger charge is -2.17. The molecule has 0 aliphatic heterocycles. The lowest BCUT2D eigenvalue weighted by Crippen LogP contribution is -1.94. The topological polar surface area (TPSA) is 111 Å². The number of phenolic OH excluding ortho intramolecular Hbond substituents is 2. The van der Waals surface area contributed by atoms with E-state index in [1.165, 1.54) is 36.4 Å². The first-order valence-electron chi connectivity index (χ1n) is 7.57. The number of aromatic hydroxyl groups is 2. The second-order valence-corrected chi connectivity index (χ2v) is 7.07. The molecule has 0 aliphatic carbocycles. The molecule has 6 N–H and O–H groups in total. The van der Waals surface area contributed by atoms with Gasteiger partial charge in [0.25, 0.3) is 0 Å². The van der Waals surface area contributed by atoms with Gasteiger partial charge in [-0.1, -0.05) is 46.4 Å². The molecule has 10 heteroatoms. The van der Waals surface area contributed by atoms with E-state index < -0.39 is 0 Å². The van der Waals surface area contributed by atoms with Crippen LogP contribution < -0.4 is 20.9 Å². The minimum absolute atomic E-state index is 0.0324. The lowest BCUT2D eigenvalue weighted by molar-refractivity contribution is 0.450. The Labute approximate surface area is 179 Å². The van der Waals surface area contributed by atoms with Gasteiger partial charge in [-0.2, -0.15) is 0 Å². The fourth-order valence-corrected chi connectivity index (χ4v) is 3.15. The zero-order chi connectivity index (χ0) is 20.6. The van der Waals surface area contributed by atoms with Crippen LogP contribution in [-0.2, 0) is 0 Å². The van der Waals surface area contributed by atoms with Crippen LogP contribution in [0.15, 0.2) is 36.4 Å². The van der Waals surface area contributed by atoms with E-state index in [1.54, 1.807) is 0 Å². The smallest absolute Gasteiger partial charge is 0.167 e. The Morgan fingerprint density at radius 2 is 0.929 bits per heavy atom. The van der Waals surface area contributed by atoms with Gasteiger partial charge in [0.05, 0.1) is 11.4 Å². The summed E-state index contributed by atoms with van der Waals surface area (Å²) in [5, 5.41) is 19.1. The SMILES string of the molecule is Nc1ccc(Oc2c(Cl)c(Cl)c(Oc3ccc(N)c(O)c3)c(Cl)c2Cl)cc1O. The van der Waals surface area contributed by atoms with Gasteiger partial charge in [0.15, 0.2) is 11.5 Å². The molecule has 0 aliphatic rings. The fraction of sp³-hybridized carbons (Fsp3) is 0. The van der Waals surface area contributed by atoms with Crippen LogP contribution in [0.1, 0.15) is 0 Å². The standard InChI is InChI=1S/C18H12Cl4N2O4/c19-13-15(21)18(28-8-2-4-10(24)12(26)6-8)16(22)14(20)17(13)27-7-1-3-9(23)11(25)5-7/h1-6,25-26H,23-24H2. The number of anilines is 2. The third-order valence-corrected chi connectivity index (χ3v) is 5.26. The largest absolute Gasteiger partial charge is 0.506 e. The molecule has 146 valence electrons. The highest BCUT2D eigenvalue weighted by molar-refractivity contribution is 6.50. The van der Waals surface area contributed by atoms with Crippen LogP contribution in [-0.4, -0.2) is 10.2 Å². The maximum Gasteiger partial charge on any atom is 0.167 e. The molecule has 3 aromatic rings. The van der Waals surface area contributed by atoms with Crippen molar-refractivity contribution >= 4 is 57.8 Å². The van der Waals surface area contributed by atoms with Crippen LogP contribution >= 0.6 is 46.4 Å². The number of phenols is 2. The second-order valence-electron chi connectivity index (χ2n) is 5.56. The van der Waals surface area contributed by atoms with Crippen molar-refractivity contribution in [2.24, 2.45) is 0 Å². The molecule has 0 bridgehead atoms. The van der Waals surface area contributed by atoms with Gasteiger partial charge in [-0.3, -0.25) is 0 Å². The van der Waals surface area contributed by atoms with Gasteiger partial charge in [-0.15, -0.1) is 0 Å². The number of nitrogens with two attached hydrogens (primary N) is 2. The van der Waals surface area contributed by atoms with Crippen LogP contribution in [0.25, 0.3) is 0 Å². The number of rotatable bonds is 4. The summed E-state index contributed by atoms with van der Waals surface area (Å²) in [6, 6.07) is 8.47. The van der Waals surface area contributed by atoms with Crippen molar-refractivity contribution in [1.29, 1.82) is 0 Å². The van der Waals surface area contributed by atoms with Gasteiger partial charge >= 0.3 is 0 Å². The number of ether oxygens (including phenoxy) is 2. The molecule has 0 saturated heterocycles. The lowest BCUT2D eigenvalue weighted by atomic mass is 10.2. The highest BCUT2D eigenvalue weighted by Gasteiger charge is 2.24. The van der Waals surface area contributed by atoms with Crippen LogP contribution in [0.4, 0.5) is 11.4 Å². The number of nitrogen functional groups attached to an aromatic ring is 2. The highest BCUT2D eigenvalue weighted by atomic mass is 35.5. The summed E-state index contributed by atoms with van der Waals surface area (Å²) in [6.07, 6.45) is 0. The van der Waals surface area contributed by atoms with Crippen molar-refractivity contribution in [2.45, 2.75) is 0 Å². The van der Waals surface area contributed by atoms with E-state index >= 15 is 0 Å². The van der Waals surface area contributed by atoms with Crippen LogP contribution in [0.3, 0.4) is 0 Å². The molecule has 3 aromatic carbocycles. The zero-order valence-corrected chi connectivity index (χ0v) is 16.9.